The molecule has 1 fully saturated rings. The number of thioether (sulfide) groups is 1. The Morgan fingerprint density at radius 3 is 2.68 bits per heavy atom. The van der Waals surface area contributed by atoms with Crippen LogP contribution in [0.5, 0.6) is 0 Å². The quantitative estimate of drug-likeness (QED) is 0.613. The van der Waals surface area contributed by atoms with Crippen LogP contribution in [0.1, 0.15) is 16.5 Å². The van der Waals surface area contributed by atoms with Gasteiger partial charge in [0, 0.05) is 35.1 Å². The standard InChI is InChI=1S/C17H16ClN3O3S/c1-11-2-5-13(10-15(11)18)19-17(22)20-8-9-25-16(20)12-3-6-14(7-4-12)21(23)24/h2-7,10,16H,8-9H2,1H3,(H,19,22). The van der Waals surface area contributed by atoms with E-state index in [1.165, 1.54) is 12.1 Å². The Balaban J connectivity index is 1.75. The summed E-state index contributed by atoms with van der Waals surface area (Å²) in [6.07, 6.45) is 0. The molecule has 1 saturated heterocycles. The van der Waals surface area contributed by atoms with Crippen molar-refractivity contribution in [2.75, 3.05) is 17.6 Å². The number of nitrogens with zero attached hydrogens (tertiary/aromatic N) is 2. The number of amides is 2. The molecule has 25 heavy (non-hydrogen) atoms. The van der Waals surface area contributed by atoms with E-state index in [0.717, 1.165) is 16.9 Å². The van der Waals surface area contributed by atoms with E-state index in [2.05, 4.69) is 5.32 Å². The Morgan fingerprint density at radius 2 is 2.04 bits per heavy atom. The monoisotopic (exact) mass is 377 g/mol. The lowest BCUT2D eigenvalue weighted by molar-refractivity contribution is -0.384. The molecular weight excluding hydrogens is 362 g/mol. The topological polar surface area (TPSA) is 75.5 Å². The molecule has 1 aliphatic heterocycles. The fourth-order valence-corrected chi connectivity index (χ4v) is 4.02. The third kappa shape index (κ3) is 3.88. The van der Waals surface area contributed by atoms with Crippen molar-refractivity contribution in [1.82, 2.24) is 4.90 Å². The third-order valence-electron chi connectivity index (χ3n) is 3.96. The van der Waals surface area contributed by atoms with Crippen LogP contribution in [-0.4, -0.2) is 28.2 Å². The number of rotatable bonds is 3. The Bertz CT molecular complexity index is 813. The average molecular weight is 378 g/mol. The van der Waals surface area contributed by atoms with Crippen LogP contribution in [0.15, 0.2) is 42.5 Å². The highest BCUT2D eigenvalue weighted by Gasteiger charge is 2.31. The minimum absolute atomic E-state index is 0.0389. The summed E-state index contributed by atoms with van der Waals surface area (Å²) in [7, 11) is 0. The predicted molar refractivity (Wildman–Crippen MR) is 100 cm³/mol. The normalized spacial score (nSPS) is 16.7. The van der Waals surface area contributed by atoms with Gasteiger partial charge in [-0.2, -0.15) is 0 Å². The van der Waals surface area contributed by atoms with Crippen molar-refractivity contribution in [1.29, 1.82) is 0 Å². The molecule has 0 radical (unpaired) electrons. The van der Waals surface area contributed by atoms with Crippen LogP contribution in [-0.2, 0) is 0 Å². The van der Waals surface area contributed by atoms with E-state index in [0.29, 0.717) is 17.3 Å². The van der Waals surface area contributed by atoms with E-state index in [4.69, 9.17) is 11.6 Å². The van der Waals surface area contributed by atoms with Crippen molar-refractivity contribution in [3.63, 3.8) is 0 Å². The average Bonchev–Trinajstić information content (AvgIpc) is 3.08. The van der Waals surface area contributed by atoms with Gasteiger partial charge in [-0.25, -0.2) is 4.79 Å². The number of anilines is 1. The Labute approximate surface area is 154 Å². The lowest BCUT2D eigenvalue weighted by Crippen LogP contribution is -2.34. The van der Waals surface area contributed by atoms with Crippen molar-refractivity contribution in [3.8, 4) is 0 Å². The molecule has 1 N–H and O–H groups in total. The SMILES string of the molecule is Cc1ccc(NC(=O)N2CCSC2c2ccc([N+](=O)[O-])cc2)cc1Cl. The van der Waals surface area contributed by atoms with Gasteiger partial charge in [0.1, 0.15) is 5.37 Å². The summed E-state index contributed by atoms with van der Waals surface area (Å²) in [5, 5.41) is 14.1. The molecule has 2 amide bonds. The minimum Gasteiger partial charge on any atom is -0.308 e. The van der Waals surface area contributed by atoms with Gasteiger partial charge in [-0.05, 0) is 42.3 Å². The van der Waals surface area contributed by atoms with Gasteiger partial charge in [0.2, 0.25) is 0 Å². The zero-order valence-electron chi connectivity index (χ0n) is 13.4. The first-order chi connectivity index (χ1) is 12.0. The molecule has 0 saturated carbocycles. The van der Waals surface area contributed by atoms with Crippen LogP contribution in [0, 0.1) is 17.0 Å². The fourth-order valence-electron chi connectivity index (χ4n) is 2.58. The number of hydrogen-bond acceptors (Lipinski definition) is 4. The maximum atomic E-state index is 12.6. The first-order valence-corrected chi connectivity index (χ1v) is 9.08. The molecule has 2 aromatic carbocycles. The number of nitrogens with one attached hydrogen (secondary N) is 1. The summed E-state index contributed by atoms with van der Waals surface area (Å²) in [4.78, 5) is 24.7. The van der Waals surface area contributed by atoms with E-state index < -0.39 is 4.92 Å². The summed E-state index contributed by atoms with van der Waals surface area (Å²) in [5.41, 5.74) is 2.49. The molecule has 3 rings (SSSR count). The van der Waals surface area contributed by atoms with Crippen molar-refractivity contribution >= 4 is 40.8 Å². The molecule has 0 aromatic heterocycles. The second kappa shape index (κ2) is 7.33. The zero-order valence-corrected chi connectivity index (χ0v) is 15.0. The number of nitro groups is 1. The predicted octanol–water partition coefficient (Wildman–Crippen LogP) is 4.84. The highest BCUT2D eigenvalue weighted by molar-refractivity contribution is 7.99. The summed E-state index contributed by atoms with van der Waals surface area (Å²) >= 11 is 7.73. The molecule has 1 atom stereocenters. The van der Waals surface area contributed by atoms with Crippen LogP contribution in [0.3, 0.4) is 0 Å². The summed E-state index contributed by atoms with van der Waals surface area (Å²) in [5.74, 6) is 0.809. The van der Waals surface area contributed by atoms with Gasteiger partial charge in [0.15, 0.2) is 0 Å². The van der Waals surface area contributed by atoms with Crippen LogP contribution in [0.4, 0.5) is 16.2 Å². The van der Waals surface area contributed by atoms with Crippen LogP contribution in [0.25, 0.3) is 0 Å². The maximum Gasteiger partial charge on any atom is 0.323 e. The van der Waals surface area contributed by atoms with Gasteiger partial charge in [-0.3, -0.25) is 10.1 Å². The lowest BCUT2D eigenvalue weighted by atomic mass is 10.2. The number of urea groups is 1. The van der Waals surface area contributed by atoms with Crippen LogP contribution >= 0.6 is 23.4 Å². The van der Waals surface area contributed by atoms with E-state index in [1.54, 1.807) is 34.9 Å². The number of benzene rings is 2. The van der Waals surface area contributed by atoms with E-state index in [9.17, 15) is 14.9 Å². The minimum atomic E-state index is -0.433. The molecule has 1 aliphatic rings. The van der Waals surface area contributed by atoms with Crippen molar-refractivity contribution < 1.29 is 9.72 Å². The largest absolute Gasteiger partial charge is 0.323 e. The molecule has 1 unspecified atom stereocenters. The molecule has 0 spiro atoms. The molecule has 8 heteroatoms. The number of halogens is 1. The van der Waals surface area contributed by atoms with E-state index in [1.807, 2.05) is 19.1 Å². The number of hydrogen-bond donors (Lipinski definition) is 1. The lowest BCUT2D eigenvalue weighted by Gasteiger charge is -2.24. The molecule has 1 heterocycles. The first kappa shape index (κ1) is 17.6. The first-order valence-electron chi connectivity index (χ1n) is 7.65. The molecular formula is C17H16ClN3O3S. The highest BCUT2D eigenvalue weighted by Crippen LogP contribution is 2.38. The zero-order chi connectivity index (χ0) is 18.0. The Hall–Kier alpha value is -2.25. The second-order valence-corrected chi connectivity index (χ2v) is 7.25. The Morgan fingerprint density at radius 1 is 1.32 bits per heavy atom. The fraction of sp³-hybridized carbons (Fsp3) is 0.235. The van der Waals surface area contributed by atoms with Gasteiger partial charge in [0.25, 0.3) is 5.69 Å². The molecule has 6 nitrogen and oxygen atoms in total. The molecule has 130 valence electrons. The van der Waals surface area contributed by atoms with Crippen LogP contribution < -0.4 is 5.32 Å². The second-order valence-electron chi connectivity index (χ2n) is 5.66. The maximum absolute atomic E-state index is 12.6. The Kier molecular flexibility index (Phi) is 5.15. The van der Waals surface area contributed by atoms with E-state index >= 15 is 0 Å². The number of carbonyl (C=O) groups excluding carboxylic acids is 1. The summed E-state index contributed by atoms with van der Waals surface area (Å²) in [6, 6.07) is 11.5. The van der Waals surface area contributed by atoms with Gasteiger partial charge in [-0.15, -0.1) is 11.8 Å². The van der Waals surface area contributed by atoms with Crippen molar-refractivity contribution in [2.45, 2.75) is 12.3 Å². The number of carbonyl (C=O) groups is 1. The highest BCUT2D eigenvalue weighted by atomic mass is 35.5. The number of nitro benzene ring substituents is 1. The van der Waals surface area contributed by atoms with Gasteiger partial charge in [0.05, 0.1) is 4.92 Å². The molecule has 0 bridgehead atoms. The summed E-state index contributed by atoms with van der Waals surface area (Å²) in [6.45, 7) is 2.51. The van der Waals surface area contributed by atoms with Crippen LogP contribution in [0.2, 0.25) is 5.02 Å². The smallest absolute Gasteiger partial charge is 0.308 e. The number of aryl methyl sites for hydroxylation is 1. The number of non-ortho nitro benzene ring substituents is 1. The van der Waals surface area contributed by atoms with Crippen molar-refractivity contribution in [3.05, 3.63) is 68.7 Å². The molecule has 2 aromatic rings. The van der Waals surface area contributed by atoms with Gasteiger partial charge >= 0.3 is 6.03 Å². The third-order valence-corrected chi connectivity index (χ3v) is 5.63. The van der Waals surface area contributed by atoms with Crippen molar-refractivity contribution in [2.24, 2.45) is 0 Å². The van der Waals surface area contributed by atoms with Gasteiger partial charge in [-0.1, -0.05) is 17.7 Å². The summed E-state index contributed by atoms with van der Waals surface area (Å²) < 4.78 is 0. The van der Waals surface area contributed by atoms with E-state index in [-0.39, 0.29) is 17.1 Å². The van der Waals surface area contributed by atoms with Gasteiger partial charge < -0.3 is 10.2 Å². The molecule has 0 aliphatic carbocycles.